The van der Waals surface area contributed by atoms with Crippen molar-refractivity contribution in [3.8, 4) is 11.5 Å². The molecule has 0 aliphatic carbocycles. The van der Waals surface area contributed by atoms with E-state index in [1.807, 2.05) is 6.07 Å². The standard InChI is InChI=1S/C15H23NO3/c1-10(16-9-12-6-7-19-11(12)2)14-8-13(18-3)4-5-15(14)17/h4-5,8,10-12,16-17H,6-7,9H2,1-3H3. The van der Waals surface area contributed by atoms with Crippen LogP contribution in [0.25, 0.3) is 0 Å². The first-order valence-electron chi connectivity index (χ1n) is 6.83. The Kier molecular flexibility index (Phi) is 4.66. The Morgan fingerprint density at radius 1 is 1.53 bits per heavy atom. The smallest absolute Gasteiger partial charge is 0.120 e. The minimum atomic E-state index is 0.0860. The summed E-state index contributed by atoms with van der Waals surface area (Å²) in [5.41, 5.74) is 0.867. The third-order valence-corrected chi connectivity index (χ3v) is 3.92. The van der Waals surface area contributed by atoms with E-state index in [0.717, 1.165) is 30.9 Å². The van der Waals surface area contributed by atoms with Gasteiger partial charge in [0.05, 0.1) is 13.2 Å². The van der Waals surface area contributed by atoms with E-state index in [9.17, 15) is 5.11 Å². The van der Waals surface area contributed by atoms with E-state index >= 15 is 0 Å². The highest BCUT2D eigenvalue weighted by Crippen LogP contribution is 2.29. The van der Waals surface area contributed by atoms with Gasteiger partial charge in [0.2, 0.25) is 0 Å². The van der Waals surface area contributed by atoms with Crippen LogP contribution in [0.15, 0.2) is 18.2 Å². The molecule has 1 fully saturated rings. The monoisotopic (exact) mass is 265 g/mol. The molecule has 2 rings (SSSR count). The van der Waals surface area contributed by atoms with Crippen LogP contribution in [0.3, 0.4) is 0 Å². The molecule has 0 spiro atoms. The highest BCUT2D eigenvalue weighted by molar-refractivity contribution is 5.41. The van der Waals surface area contributed by atoms with Gasteiger partial charge in [0, 0.05) is 24.8 Å². The third kappa shape index (κ3) is 3.39. The van der Waals surface area contributed by atoms with E-state index in [0.29, 0.717) is 17.8 Å². The first-order valence-corrected chi connectivity index (χ1v) is 6.83. The number of rotatable bonds is 5. The highest BCUT2D eigenvalue weighted by Gasteiger charge is 2.24. The minimum Gasteiger partial charge on any atom is -0.508 e. The molecule has 0 aromatic heterocycles. The van der Waals surface area contributed by atoms with Gasteiger partial charge in [-0.05, 0) is 44.4 Å². The second-order valence-electron chi connectivity index (χ2n) is 5.18. The number of methoxy groups -OCH3 is 1. The van der Waals surface area contributed by atoms with E-state index in [1.165, 1.54) is 0 Å². The summed E-state index contributed by atoms with van der Waals surface area (Å²) in [6, 6.07) is 5.40. The fourth-order valence-electron chi connectivity index (χ4n) is 2.49. The zero-order valence-corrected chi connectivity index (χ0v) is 11.8. The van der Waals surface area contributed by atoms with E-state index < -0.39 is 0 Å². The quantitative estimate of drug-likeness (QED) is 0.858. The molecule has 1 aliphatic rings. The third-order valence-electron chi connectivity index (χ3n) is 3.92. The van der Waals surface area contributed by atoms with E-state index in [4.69, 9.17) is 9.47 Å². The molecule has 0 saturated carbocycles. The molecule has 4 heteroatoms. The lowest BCUT2D eigenvalue weighted by Gasteiger charge is -2.20. The fourth-order valence-corrected chi connectivity index (χ4v) is 2.49. The van der Waals surface area contributed by atoms with E-state index in [-0.39, 0.29) is 6.04 Å². The second kappa shape index (κ2) is 6.26. The molecular formula is C15H23NO3. The predicted molar refractivity (Wildman–Crippen MR) is 74.6 cm³/mol. The number of phenolic OH excluding ortho intramolecular Hbond substituents is 1. The largest absolute Gasteiger partial charge is 0.508 e. The molecule has 106 valence electrons. The number of ether oxygens (including phenoxy) is 2. The van der Waals surface area contributed by atoms with Crippen LogP contribution in [0.5, 0.6) is 11.5 Å². The number of hydrogen-bond acceptors (Lipinski definition) is 4. The van der Waals surface area contributed by atoms with Crippen molar-refractivity contribution >= 4 is 0 Å². The molecule has 3 atom stereocenters. The summed E-state index contributed by atoms with van der Waals surface area (Å²) in [5, 5.41) is 13.4. The van der Waals surface area contributed by atoms with Gasteiger partial charge in [0.25, 0.3) is 0 Å². The van der Waals surface area contributed by atoms with Crippen LogP contribution in [-0.4, -0.2) is 31.5 Å². The number of aromatic hydroxyl groups is 1. The molecule has 3 unspecified atom stereocenters. The lowest BCUT2D eigenvalue weighted by atomic mass is 10.0. The average molecular weight is 265 g/mol. The average Bonchev–Trinajstić information content (AvgIpc) is 2.82. The Morgan fingerprint density at radius 2 is 2.32 bits per heavy atom. The molecule has 1 aromatic rings. The van der Waals surface area contributed by atoms with Crippen molar-refractivity contribution < 1.29 is 14.6 Å². The van der Waals surface area contributed by atoms with Crippen LogP contribution in [0.1, 0.15) is 31.9 Å². The van der Waals surface area contributed by atoms with Crippen LogP contribution >= 0.6 is 0 Å². The molecule has 1 heterocycles. The summed E-state index contributed by atoms with van der Waals surface area (Å²) >= 11 is 0. The van der Waals surface area contributed by atoms with Gasteiger partial charge in [0.15, 0.2) is 0 Å². The Morgan fingerprint density at radius 3 is 2.95 bits per heavy atom. The van der Waals surface area contributed by atoms with Crippen LogP contribution in [0.2, 0.25) is 0 Å². The van der Waals surface area contributed by atoms with Crippen molar-refractivity contribution in [2.45, 2.75) is 32.4 Å². The normalized spacial score (nSPS) is 24.4. The van der Waals surface area contributed by atoms with Gasteiger partial charge < -0.3 is 19.9 Å². The SMILES string of the molecule is COc1ccc(O)c(C(C)NCC2CCOC2C)c1. The van der Waals surface area contributed by atoms with E-state index in [2.05, 4.69) is 19.2 Å². The molecule has 1 saturated heterocycles. The van der Waals surface area contributed by atoms with Gasteiger partial charge in [-0.15, -0.1) is 0 Å². The molecule has 2 N–H and O–H groups in total. The number of nitrogens with one attached hydrogen (secondary N) is 1. The maximum Gasteiger partial charge on any atom is 0.120 e. The molecular weight excluding hydrogens is 242 g/mol. The van der Waals surface area contributed by atoms with Crippen molar-refractivity contribution in [2.24, 2.45) is 5.92 Å². The van der Waals surface area contributed by atoms with Crippen molar-refractivity contribution in [1.82, 2.24) is 5.32 Å². The summed E-state index contributed by atoms with van der Waals surface area (Å²) in [6.07, 6.45) is 1.42. The van der Waals surface area contributed by atoms with Gasteiger partial charge >= 0.3 is 0 Å². The van der Waals surface area contributed by atoms with E-state index in [1.54, 1.807) is 19.2 Å². The zero-order chi connectivity index (χ0) is 13.8. The fraction of sp³-hybridized carbons (Fsp3) is 0.600. The summed E-state index contributed by atoms with van der Waals surface area (Å²) in [4.78, 5) is 0. The first-order chi connectivity index (χ1) is 9.11. The molecule has 1 aromatic carbocycles. The van der Waals surface area contributed by atoms with Gasteiger partial charge in [-0.3, -0.25) is 0 Å². The lowest BCUT2D eigenvalue weighted by Crippen LogP contribution is -2.29. The summed E-state index contributed by atoms with van der Waals surface area (Å²) in [5.74, 6) is 1.62. The second-order valence-corrected chi connectivity index (χ2v) is 5.18. The van der Waals surface area contributed by atoms with Crippen molar-refractivity contribution in [3.05, 3.63) is 23.8 Å². The van der Waals surface area contributed by atoms with Crippen LogP contribution in [0, 0.1) is 5.92 Å². The number of benzene rings is 1. The number of phenols is 1. The number of hydrogen-bond donors (Lipinski definition) is 2. The maximum absolute atomic E-state index is 9.92. The molecule has 0 radical (unpaired) electrons. The van der Waals surface area contributed by atoms with Gasteiger partial charge in [-0.25, -0.2) is 0 Å². The Balaban J connectivity index is 1.97. The minimum absolute atomic E-state index is 0.0860. The molecule has 0 amide bonds. The van der Waals surface area contributed by atoms with Gasteiger partial charge in [-0.1, -0.05) is 0 Å². The van der Waals surface area contributed by atoms with Gasteiger partial charge in [0.1, 0.15) is 11.5 Å². The summed E-state index contributed by atoms with van der Waals surface area (Å²) in [6.45, 7) is 5.92. The Labute approximate surface area is 114 Å². The zero-order valence-electron chi connectivity index (χ0n) is 11.8. The maximum atomic E-state index is 9.92. The summed E-state index contributed by atoms with van der Waals surface area (Å²) < 4.78 is 10.8. The van der Waals surface area contributed by atoms with Crippen molar-refractivity contribution in [3.63, 3.8) is 0 Å². The van der Waals surface area contributed by atoms with Crippen LogP contribution < -0.4 is 10.1 Å². The topological polar surface area (TPSA) is 50.7 Å². The van der Waals surface area contributed by atoms with Crippen molar-refractivity contribution in [2.75, 3.05) is 20.3 Å². The molecule has 4 nitrogen and oxygen atoms in total. The van der Waals surface area contributed by atoms with Gasteiger partial charge in [-0.2, -0.15) is 0 Å². The van der Waals surface area contributed by atoms with Crippen LogP contribution in [-0.2, 0) is 4.74 Å². The molecule has 19 heavy (non-hydrogen) atoms. The van der Waals surface area contributed by atoms with Crippen molar-refractivity contribution in [1.29, 1.82) is 0 Å². The Bertz CT molecular complexity index is 422. The molecule has 0 bridgehead atoms. The molecule has 1 aliphatic heterocycles. The summed E-state index contributed by atoms with van der Waals surface area (Å²) in [7, 11) is 1.63. The highest BCUT2D eigenvalue weighted by atomic mass is 16.5. The van der Waals surface area contributed by atoms with Crippen LogP contribution in [0.4, 0.5) is 0 Å². The first kappa shape index (κ1) is 14.2. The predicted octanol–water partition coefficient (Wildman–Crippen LogP) is 2.48. The lowest BCUT2D eigenvalue weighted by molar-refractivity contribution is 0.105. The Hall–Kier alpha value is -1.26.